The van der Waals surface area contributed by atoms with E-state index in [1.165, 1.54) is 24.5 Å². The van der Waals surface area contributed by atoms with Crippen LogP contribution in [0.5, 0.6) is 0 Å². The van der Waals surface area contributed by atoms with Gasteiger partial charge in [0, 0.05) is 18.2 Å². The highest BCUT2D eigenvalue weighted by atomic mass is 32.2. The molecule has 3 N–H and O–H groups in total. The van der Waals surface area contributed by atoms with E-state index in [0.717, 1.165) is 0 Å². The molecular weight excluding hydrogens is 278 g/mol. The van der Waals surface area contributed by atoms with Gasteiger partial charge in [0.05, 0.1) is 23.4 Å². The Bertz CT molecular complexity index is 728. The molecule has 20 heavy (non-hydrogen) atoms. The molecule has 1 aromatic carbocycles. The van der Waals surface area contributed by atoms with Gasteiger partial charge in [-0.15, -0.1) is 0 Å². The maximum Gasteiger partial charge on any atom is 0.262 e. The van der Waals surface area contributed by atoms with Crippen molar-refractivity contribution in [1.82, 2.24) is 10.2 Å². The average Bonchev–Trinajstić information content (AvgIpc) is 2.92. The third-order valence-corrected chi connectivity index (χ3v) is 3.74. The average molecular weight is 291 g/mol. The number of aliphatic hydroxyl groups is 1. The molecule has 0 unspecified atom stereocenters. The molecule has 6 nitrogen and oxygen atoms in total. The molecule has 0 aliphatic carbocycles. The zero-order valence-electron chi connectivity index (χ0n) is 10.5. The van der Waals surface area contributed by atoms with Crippen LogP contribution in [0.15, 0.2) is 41.6 Å². The van der Waals surface area contributed by atoms with E-state index in [2.05, 4.69) is 26.8 Å². The number of hydrogen-bond acceptors (Lipinski definition) is 4. The molecule has 0 saturated carbocycles. The number of nitrogens with one attached hydrogen (secondary N) is 2. The fourth-order valence-electron chi connectivity index (χ4n) is 1.48. The minimum atomic E-state index is -3.66. The van der Waals surface area contributed by atoms with Crippen LogP contribution in [0.3, 0.4) is 0 Å². The molecule has 0 aliphatic heterocycles. The van der Waals surface area contributed by atoms with Crippen LogP contribution in [-0.4, -0.2) is 30.3 Å². The SMILES string of the molecule is O=S(=O)(Nc1cn[nH]c1)c1cccc(C#CCCO)c1. The Labute approximate surface area is 116 Å². The molecule has 7 heteroatoms. The summed E-state index contributed by atoms with van der Waals surface area (Å²) in [6.45, 7) is -0.0208. The second-order valence-electron chi connectivity index (χ2n) is 3.90. The van der Waals surface area contributed by atoms with E-state index >= 15 is 0 Å². The number of benzene rings is 1. The topological polar surface area (TPSA) is 95.1 Å². The highest BCUT2D eigenvalue weighted by Crippen LogP contribution is 2.15. The second kappa shape index (κ2) is 6.23. The Kier molecular flexibility index (Phi) is 4.40. The number of aromatic amines is 1. The molecule has 0 saturated heterocycles. The summed E-state index contributed by atoms with van der Waals surface area (Å²) in [6.07, 6.45) is 3.18. The van der Waals surface area contributed by atoms with Crippen molar-refractivity contribution in [3.63, 3.8) is 0 Å². The van der Waals surface area contributed by atoms with Crippen molar-refractivity contribution >= 4 is 15.7 Å². The van der Waals surface area contributed by atoms with E-state index in [0.29, 0.717) is 17.7 Å². The van der Waals surface area contributed by atoms with Gasteiger partial charge in [-0.3, -0.25) is 9.82 Å². The Morgan fingerprint density at radius 1 is 1.40 bits per heavy atom. The van der Waals surface area contributed by atoms with Crippen molar-refractivity contribution < 1.29 is 13.5 Å². The molecular formula is C13H13N3O3S. The summed E-state index contributed by atoms with van der Waals surface area (Å²) >= 11 is 0. The molecule has 2 aromatic rings. The molecule has 1 aromatic heterocycles. The van der Waals surface area contributed by atoms with Crippen LogP contribution in [0.2, 0.25) is 0 Å². The smallest absolute Gasteiger partial charge is 0.262 e. The van der Waals surface area contributed by atoms with E-state index in [9.17, 15) is 8.42 Å². The lowest BCUT2D eigenvalue weighted by Gasteiger charge is -2.05. The van der Waals surface area contributed by atoms with Crippen LogP contribution in [0, 0.1) is 11.8 Å². The summed E-state index contributed by atoms with van der Waals surface area (Å²) in [5.74, 6) is 5.54. The first-order valence-corrected chi connectivity index (χ1v) is 7.31. The lowest BCUT2D eigenvalue weighted by molar-refractivity contribution is 0.305. The van der Waals surface area contributed by atoms with Crippen LogP contribution in [-0.2, 0) is 10.0 Å². The van der Waals surface area contributed by atoms with Gasteiger partial charge < -0.3 is 5.11 Å². The predicted octanol–water partition coefficient (Wildman–Crippen LogP) is 0.944. The van der Waals surface area contributed by atoms with Crippen LogP contribution < -0.4 is 4.72 Å². The fraction of sp³-hybridized carbons (Fsp3) is 0.154. The van der Waals surface area contributed by atoms with Crippen molar-refractivity contribution in [3.05, 3.63) is 42.2 Å². The standard InChI is InChI=1S/C13H13N3O3S/c17-7-2-1-4-11-5-3-6-13(8-11)20(18,19)16-12-9-14-15-10-12/h3,5-6,8-10,16-17H,2,7H2,(H,14,15). The van der Waals surface area contributed by atoms with Gasteiger partial charge in [0.25, 0.3) is 10.0 Å². The van der Waals surface area contributed by atoms with E-state index < -0.39 is 10.0 Å². The van der Waals surface area contributed by atoms with E-state index in [-0.39, 0.29) is 11.5 Å². The Balaban J connectivity index is 2.24. The molecule has 0 amide bonds. The van der Waals surface area contributed by atoms with Crippen molar-refractivity contribution in [2.75, 3.05) is 11.3 Å². The molecule has 0 radical (unpaired) electrons. The van der Waals surface area contributed by atoms with Crippen LogP contribution in [0.1, 0.15) is 12.0 Å². The van der Waals surface area contributed by atoms with Gasteiger partial charge in [0.15, 0.2) is 0 Å². The molecule has 104 valence electrons. The summed E-state index contributed by atoms with van der Waals surface area (Å²) in [6, 6.07) is 6.29. The van der Waals surface area contributed by atoms with Crippen molar-refractivity contribution in [3.8, 4) is 11.8 Å². The molecule has 1 heterocycles. The monoisotopic (exact) mass is 291 g/mol. The number of aliphatic hydroxyl groups excluding tert-OH is 1. The van der Waals surface area contributed by atoms with Gasteiger partial charge in [-0.1, -0.05) is 17.9 Å². The summed E-state index contributed by atoms with van der Waals surface area (Å²) in [7, 11) is -3.66. The molecule has 0 bridgehead atoms. The third-order valence-electron chi connectivity index (χ3n) is 2.36. The van der Waals surface area contributed by atoms with Gasteiger partial charge in [-0.05, 0) is 18.2 Å². The summed E-state index contributed by atoms with van der Waals surface area (Å²) in [5, 5.41) is 14.9. The first-order valence-electron chi connectivity index (χ1n) is 5.83. The van der Waals surface area contributed by atoms with Gasteiger partial charge in [0.2, 0.25) is 0 Å². The quantitative estimate of drug-likeness (QED) is 0.731. The van der Waals surface area contributed by atoms with Crippen molar-refractivity contribution in [2.24, 2.45) is 0 Å². The minimum absolute atomic E-state index is 0.0208. The Morgan fingerprint density at radius 2 is 2.25 bits per heavy atom. The van der Waals surface area contributed by atoms with Crippen molar-refractivity contribution in [1.29, 1.82) is 0 Å². The summed E-state index contributed by atoms with van der Waals surface area (Å²) in [4.78, 5) is 0.120. The lowest BCUT2D eigenvalue weighted by atomic mass is 10.2. The normalized spacial score (nSPS) is 10.7. The number of anilines is 1. The molecule has 0 fully saturated rings. The highest BCUT2D eigenvalue weighted by molar-refractivity contribution is 7.92. The fourth-order valence-corrected chi connectivity index (χ4v) is 2.56. The maximum atomic E-state index is 12.1. The van der Waals surface area contributed by atoms with Crippen molar-refractivity contribution in [2.45, 2.75) is 11.3 Å². The molecule has 0 aliphatic rings. The molecule has 0 spiro atoms. The largest absolute Gasteiger partial charge is 0.395 e. The number of H-pyrrole nitrogens is 1. The van der Waals surface area contributed by atoms with Gasteiger partial charge in [0.1, 0.15) is 0 Å². The zero-order valence-corrected chi connectivity index (χ0v) is 11.3. The van der Waals surface area contributed by atoms with Gasteiger partial charge in [-0.2, -0.15) is 5.10 Å². The lowest BCUT2D eigenvalue weighted by Crippen LogP contribution is -2.12. The van der Waals surface area contributed by atoms with Crippen LogP contribution in [0.4, 0.5) is 5.69 Å². The first kappa shape index (κ1) is 14.1. The summed E-state index contributed by atoms with van der Waals surface area (Å²) < 4.78 is 26.7. The van der Waals surface area contributed by atoms with E-state index in [1.807, 2.05) is 0 Å². The van der Waals surface area contributed by atoms with E-state index in [1.54, 1.807) is 12.1 Å². The highest BCUT2D eigenvalue weighted by Gasteiger charge is 2.14. The van der Waals surface area contributed by atoms with Gasteiger partial charge in [-0.25, -0.2) is 8.42 Å². The maximum absolute atomic E-state index is 12.1. The second-order valence-corrected chi connectivity index (χ2v) is 5.58. The number of sulfonamides is 1. The first-order chi connectivity index (χ1) is 9.62. The predicted molar refractivity (Wildman–Crippen MR) is 74.4 cm³/mol. The Morgan fingerprint density at radius 3 is 2.95 bits per heavy atom. The number of rotatable bonds is 4. The minimum Gasteiger partial charge on any atom is -0.395 e. The number of hydrogen-bond donors (Lipinski definition) is 3. The van der Waals surface area contributed by atoms with Crippen LogP contribution in [0.25, 0.3) is 0 Å². The zero-order chi connectivity index (χ0) is 14.4. The van der Waals surface area contributed by atoms with Gasteiger partial charge >= 0.3 is 0 Å². The molecule has 0 atom stereocenters. The molecule has 2 rings (SSSR count). The Hall–Kier alpha value is -2.30. The van der Waals surface area contributed by atoms with Crippen LogP contribution >= 0.6 is 0 Å². The number of aromatic nitrogens is 2. The third kappa shape index (κ3) is 3.60. The van der Waals surface area contributed by atoms with E-state index in [4.69, 9.17) is 5.11 Å². The number of nitrogens with zero attached hydrogens (tertiary/aromatic N) is 1. The summed E-state index contributed by atoms with van der Waals surface area (Å²) in [5.41, 5.74) is 0.940.